The Balaban J connectivity index is 1.98. The predicted octanol–water partition coefficient (Wildman–Crippen LogP) is 3.03. The molecule has 5 nitrogen and oxygen atoms in total. The summed E-state index contributed by atoms with van der Waals surface area (Å²) < 4.78 is 1.69. The van der Waals surface area contributed by atoms with Crippen LogP contribution in [-0.2, 0) is 7.05 Å². The summed E-state index contributed by atoms with van der Waals surface area (Å²) >= 11 is 5.76. The molecule has 94 valence electrons. The molecule has 0 spiro atoms. The molecular weight excluding hydrogens is 252 g/mol. The van der Waals surface area contributed by atoms with E-state index in [4.69, 9.17) is 11.6 Å². The first kappa shape index (κ1) is 12.4. The molecule has 0 aliphatic rings. The van der Waals surface area contributed by atoms with Crippen LogP contribution < -0.4 is 10.6 Å². The maximum Gasteiger partial charge on any atom is 0.324 e. The van der Waals surface area contributed by atoms with Crippen LogP contribution in [0.5, 0.6) is 0 Å². The Bertz CT molecular complexity index is 542. The predicted molar refractivity (Wildman–Crippen MR) is 72.0 cm³/mol. The van der Waals surface area contributed by atoms with Gasteiger partial charge < -0.3 is 5.32 Å². The van der Waals surface area contributed by atoms with Crippen LogP contribution in [0.3, 0.4) is 0 Å². The van der Waals surface area contributed by atoms with Crippen LogP contribution in [-0.4, -0.2) is 15.8 Å². The van der Waals surface area contributed by atoms with Gasteiger partial charge in [-0.05, 0) is 31.2 Å². The van der Waals surface area contributed by atoms with Crippen molar-refractivity contribution in [3.63, 3.8) is 0 Å². The molecule has 6 heteroatoms. The molecular formula is C12H13ClN4O. The molecule has 0 aliphatic heterocycles. The highest BCUT2D eigenvalue weighted by molar-refractivity contribution is 6.30. The molecule has 2 rings (SSSR count). The second kappa shape index (κ2) is 5.10. The van der Waals surface area contributed by atoms with Gasteiger partial charge in [-0.15, -0.1) is 0 Å². The molecule has 0 bridgehead atoms. The molecule has 1 aromatic heterocycles. The number of hydrogen-bond donors (Lipinski definition) is 2. The highest BCUT2D eigenvalue weighted by atomic mass is 35.5. The van der Waals surface area contributed by atoms with E-state index in [-0.39, 0.29) is 6.03 Å². The van der Waals surface area contributed by atoms with E-state index in [1.165, 1.54) is 0 Å². The van der Waals surface area contributed by atoms with Crippen LogP contribution in [0.25, 0.3) is 0 Å². The summed E-state index contributed by atoms with van der Waals surface area (Å²) in [5, 5.41) is 10.1. The molecule has 0 aliphatic carbocycles. The Kier molecular flexibility index (Phi) is 3.53. The Morgan fingerprint density at radius 2 is 1.94 bits per heavy atom. The molecule has 0 radical (unpaired) electrons. The van der Waals surface area contributed by atoms with Crippen molar-refractivity contribution in [2.45, 2.75) is 6.92 Å². The fourth-order valence-electron chi connectivity index (χ4n) is 1.43. The highest BCUT2D eigenvalue weighted by Crippen LogP contribution is 2.14. The normalized spacial score (nSPS) is 10.2. The minimum atomic E-state index is -0.338. The van der Waals surface area contributed by atoms with E-state index >= 15 is 0 Å². The van der Waals surface area contributed by atoms with Gasteiger partial charge in [0.05, 0.1) is 0 Å². The van der Waals surface area contributed by atoms with Crippen molar-refractivity contribution in [2.24, 2.45) is 7.05 Å². The molecule has 2 amide bonds. The minimum absolute atomic E-state index is 0.338. The van der Waals surface area contributed by atoms with E-state index in [1.807, 2.05) is 14.0 Å². The maximum absolute atomic E-state index is 11.7. The van der Waals surface area contributed by atoms with E-state index in [9.17, 15) is 4.79 Å². The molecule has 0 saturated carbocycles. The maximum atomic E-state index is 11.7. The second-order valence-electron chi connectivity index (χ2n) is 3.88. The smallest absolute Gasteiger partial charge is 0.308 e. The van der Waals surface area contributed by atoms with Crippen molar-refractivity contribution < 1.29 is 4.79 Å². The average Bonchev–Trinajstić information content (AvgIpc) is 2.61. The number of aryl methyl sites for hydroxylation is 2. The zero-order valence-electron chi connectivity index (χ0n) is 10.1. The number of anilines is 2. The largest absolute Gasteiger partial charge is 0.324 e. The summed E-state index contributed by atoms with van der Waals surface area (Å²) in [5.41, 5.74) is 1.64. The van der Waals surface area contributed by atoms with E-state index < -0.39 is 0 Å². The number of urea groups is 1. The van der Waals surface area contributed by atoms with Gasteiger partial charge in [0.1, 0.15) is 0 Å². The van der Waals surface area contributed by atoms with Gasteiger partial charge in [0.2, 0.25) is 0 Å². The van der Waals surface area contributed by atoms with Crippen LogP contribution in [0, 0.1) is 6.92 Å². The van der Waals surface area contributed by atoms with Gasteiger partial charge in [0, 0.05) is 29.5 Å². The van der Waals surface area contributed by atoms with Crippen molar-refractivity contribution in [2.75, 3.05) is 10.6 Å². The number of nitrogens with zero attached hydrogens (tertiary/aromatic N) is 2. The van der Waals surface area contributed by atoms with E-state index in [0.29, 0.717) is 16.5 Å². The Labute approximate surface area is 110 Å². The summed E-state index contributed by atoms with van der Waals surface area (Å²) in [7, 11) is 1.82. The minimum Gasteiger partial charge on any atom is -0.308 e. The lowest BCUT2D eigenvalue weighted by Gasteiger charge is -2.05. The molecule has 1 heterocycles. The van der Waals surface area contributed by atoms with Crippen molar-refractivity contribution in [1.82, 2.24) is 9.78 Å². The number of rotatable bonds is 2. The number of amides is 2. The molecule has 2 aromatic rings. The molecule has 2 N–H and O–H groups in total. The van der Waals surface area contributed by atoms with Crippen molar-refractivity contribution in [3.05, 3.63) is 41.0 Å². The molecule has 0 fully saturated rings. The summed E-state index contributed by atoms with van der Waals surface area (Å²) in [5.74, 6) is 0.515. The fraction of sp³-hybridized carbons (Fsp3) is 0.167. The summed E-state index contributed by atoms with van der Waals surface area (Å²) in [6.07, 6.45) is 0. The number of carbonyl (C=O) groups excluding carboxylic acids is 1. The summed E-state index contributed by atoms with van der Waals surface area (Å²) in [4.78, 5) is 11.7. The van der Waals surface area contributed by atoms with Crippen molar-refractivity contribution in [1.29, 1.82) is 0 Å². The second-order valence-corrected chi connectivity index (χ2v) is 4.32. The van der Waals surface area contributed by atoms with Gasteiger partial charge in [0.25, 0.3) is 0 Å². The molecule has 0 saturated heterocycles. The average molecular weight is 265 g/mol. The number of hydrogen-bond acceptors (Lipinski definition) is 2. The first-order valence-corrected chi connectivity index (χ1v) is 5.76. The standard InChI is InChI=1S/C12H13ClN4O/c1-8-7-11(16-17(8)2)15-12(18)14-10-5-3-9(13)4-6-10/h3-7H,1-2H3,(H2,14,15,16,18). The highest BCUT2D eigenvalue weighted by Gasteiger charge is 2.06. The number of halogens is 1. The van der Waals surface area contributed by atoms with Gasteiger partial charge >= 0.3 is 6.03 Å². The van der Waals surface area contributed by atoms with Crippen LogP contribution >= 0.6 is 11.6 Å². The van der Waals surface area contributed by atoms with Crippen LogP contribution in [0.4, 0.5) is 16.3 Å². The van der Waals surface area contributed by atoms with Gasteiger partial charge in [-0.3, -0.25) is 10.00 Å². The van der Waals surface area contributed by atoms with Crippen LogP contribution in [0.2, 0.25) is 5.02 Å². The summed E-state index contributed by atoms with van der Waals surface area (Å²) in [6.45, 7) is 1.91. The van der Waals surface area contributed by atoms with Crippen LogP contribution in [0.15, 0.2) is 30.3 Å². The monoisotopic (exact) mass is 264 g/mol. The fourth-order valence-corrected chi connectivity index (χ4v) is 1.56. The van der Waals surface area contributed by atoms with E-state index in [0.717, 1.165) is 5.69 Å². The number of aromatic nitrogens is 2. The van der Waals surface area contributed by atoms with E-state index in [2.05, 4.69) is 15.7 Å². The third kappa shape index (κ3) is 3.01. The first-order chi connectivity index (χ1) is 8.54. The lowest BCUT2D eigenvalue weighted by molar-refractivity contribution is 0.262. The van der Waals surface area contributed by atoms with Crippen LogP contribution in [0.1, 0.15) is 5.69 Å². The first-order valence-electron chi connectivity index (χ1n) is 5.39. The third-order valence-corrected chi connectivity index (χ3v) is 2.71. The quantitative estimate of drug-likeness (QED) is 0.876. The molecule has 0 atom stereocenters. The molecule has 0 unspecified atom stereocenters. The topological polar surface area (TPSA) is 59.0 Å². The van der Waals surface area contributed by atoms with Gasteiger partial charge in [-0.2, -0.15) is 5.10 Å². The Morgan fingerprint density at radius 3 is 2.50 bits per heavy atom. The Morgan fingerprint density at radius 1 is 1.28 bits per heavy atom. The lowest BCUT2D eigenvalue weighted by Crippen LogP contribution is -2.19. The lowest BCUT2D eigenvalue weighted by atomic mass is 10.3. The third-order valence-electron chi connectivity index (χ3n) is 2.46. The van der Waals surface area contributed by atoms with Gasteiger partial charge in [-0.25, -0.2) is 4.79 Å². The van der Waals surface area contributed by atoms with E-state index in [1.54, 1.807) is 35.0 Å². The van der Waals surface area contributed by atoms with Gasteiger partial charge in [-0.1, -0.05) is 11.6 Å². The number of nitrogens with one attached hydrogen (secondary N) is 2. The zero-order chi connectivity index (χ0) is 13.1. The summed E-state index contributed by atoms with van der Waals surface area (Å²) in [6, 6.07) is 8.33. The Hall–Kier alpha value is -2.01. The van der Waals surface area contributed by atoms with Crippen molar-refractivity contribution >= 4 is 29.1 Å². The van der Waals surface area contributed by atoms with Crippen molar-refractivity contribution in [3.8, 4) is 0 Å². The van der Waals surface area contributed by atoms with Gasteiger partial charge in [0.15, 0.2) is 5.82 Å². The SMILES string of the molecule is Cc1cc(NC(=O)Nc2ccc(Cl)cc2)nn1C. The molecule has 1 aromatic carbocycles. The zero-order valence-corrected chi connectivity index (χ0v) is 10.8. The number of carbonyl (C=O) groups is 1. The molecule has 18 heavy (non-hydrogen) atoms. The number of benzene rings is 1.